The van der Waals surface area contributed by atoms with Crippen molar-refractivity contribution in [2.45, 2.75) is 26.8 Å². The number of rotatable bonds is 4. The molecule has 0 aliphatic carbocycles. The number of nitriles is 1. The summed E-state index contributed by atoms with van der Waals surface area (Å²) in [5.41, 5.74) is 0.0779. The SMILES string of the molecule is CCC(C)(C#N)C(=O)N(C)Cc1ccncc1. The van der Waals surface area contributed by atoms with Crippen LogP contribution >= 0.6 is 0 Å². The summed E-state index contributed by atoms with van der Waals surface area (Å²) in [6.45, 7) is 4.03. The monoisotopic (exact) mass is 231 g/mol. The van der Waals surface area contributed by atoms with E-state index < -0.39 is 5.41 Å². The second-order valence-electron chi connectivity index (χ2n) is 4.31. The lowest BCUT2D eigenvalue weighted by Crippen LogP contribution is -2.38. The number of hydrogen-bond donors (Lipinski definition) is 0. The van der Waals surface area contributed by atoms with Gasteiger partial charge in [0.15, 0.2) is 0 Å². The van der Waals surface area contributed by atoms with Crippen LogP contribution in [0, 0.1) is 16.7 Å². The van der Waals surface area contributed by atoms with Crippen molar-refractivity contribution < 1.29 is 4.79 Å². The van der Waals surface area contributed by atoms with E-state index in [9.17, 15) is 4.79 Å². The number of aromatic nitrogens is 1. The molecule has 0 spiro atoms. The van der Waals surface area contributed by atoms with E-state index in [-0.39, 0.29) is 5.91 Å². The lowest BCUT2D eigenvalue weighted by atomic mass is 9.88. The summed E-state index contributed by atoms with van der Waals surface area (Å²) in [6.07, 6.45) is 3.90. The highest BCUT2D eigenvalue weighted by Crippen LogP contribution is 2.23. The number of carbonyl (C=O) groups excluding carboxylic acids is 1. The predicted molar refractivity (Wildman–Crippen MR) is 64.7 cm³/mol. The molecule has 0 aliphatic rings. The van der Waals surface area contributed by atoms with Crippen LogP contribution in [0.5, 0.6) is 0 Å². The van der Waals surface area contributed by atoms with Crippen molar-refractivity contribution >= 4 is 5.91 Å². The number of nitrogens with zero attached hydrogens (tertiary/aromatic N) is 3. The van der Waals surface area contributed by atoms with Gasteiger partial charge in [0, 0.05) is 26.0 Å². The fourth-order valence-corrected chi connectivity index (χ4v) is 1.53. The normalized spacial score (nSPS) is 13.5. The third-order valence-electron chi connectivity index (χ3n) is 2.94. The molecular weight excluding hydrogens is 214 g/mol. The zero-order chi connectivity index (χ0) is 12.9. The third-order valence-corrected chi connectivity index (χ3v) is 2.94. The molecule has 0 saturated heterocycles. The highest BCUT2D eigenvalue weighted by molar-refractivity contribution is 5.84. The Morgan fingerprint density at radius 2 is 2.12 bits per heavy atom. The van der Waals surface area contributed by atoms with Gasteiger partial charge in [-0.25, -0.2) is 0 Å². The van der Waals surface area contributed by atoms with Crippen molar-refractivity contribution in [1.82, 2.24) is 9.88 Å². The fourth-order valence-electron chi connectivity index (χ4n) is 1.53. The smallest absolute Gasteiger partial charge is 0.242 e. The number of pyridine rings is 1. The van der Waals surface area contributed by atoms with Crippen LogP contribution in [-0.2, 0) is 11.3 Å². The topological polar surface area (TPSA) is 57.0 Å². The van der Waals surface area contributed by atoms with E-state index in [0.29, 0.717) is 13.0 Å². The molecule has 90 valence electrons. The van der Waals surface area contributed by atoms with E-state index in [2.05, 4.69) is 11.1 Å². The van der Waals surface area contributed by atoms with Gasteiger partial charge in [0.1, 0.15) is 5.41 Å². The van der Waals surface area contributed by atoms with E-state index in [1.54, 1.807) is 31.3 Å². The first-order valence-electron chi connectivity index (χ1n) is 5.59. The quantitative estimate of drug-likeness (QED) is 0.796. The van der Waals surface area contributed by atoms with Gasteiger partial charge < -0.3 is 4.90 Å². The van der Waals surface area contributed by atoms with E-state index in [1.807, 2.05) is 19.1 Å². The lowest BCUT2D eigenvalue weighted by molar-refractivity contribution is -0.137. The van der Waals surface area contributed by atoms with Gasteiger partial charge in [0.05, 0.1) is 6.07 Å². The Bertz CT molecular complexity index is 424. The first-order chi connectivity index (χ1) is 8.03. The van der Waals surface area contributed by atoms with Crippen molar-refractivity contribution in [2.75, 3.05) is 7.05 Å². The third kappa shape index (κ3) is 3.04. The summed E-state index contributed by atoms with van der Waals surface area (Å²) in [5, 5.41) is 9.06. The van der Waals surface area contributed by atoms with Crippen LogP contribution in [0.4, 0.5) is 0 Å². The van der Waals surface area contributed by atoms with Crippen molar-refractivity contribution in [1.29, 1.82) is 5.26 Å². The van der Waals surface area contributed by atoms with Crippen LogP contribution in [0.1, 0.15) is 25.8 Å². The average Bonchev–Trinajstić information content (AvgIpc) is 2.38. The average molecular weight is 231 g/mol. The molecule has 4 heteroatoms. The molecule has 4 nitrogen and oxygen atoms in total. The van der Waals surface area contributed by atoms with Crippen molar-refractivity contribution in [3.8, 4) is 6.07 Å². The Morgan fingerprint density at radius 1 is 1.53 bits per heavy atom. The van der Waals surface area contributed by atoms with E-state index in [4.69, 9.17) is 5.26 Å². The maximum absolute atomic E-state index is 12.1. The molecule has 1 atom stereocenters. The van der Waals surface area contributed by atoms with Crippen LogP contribution in [0.25, 0.3) is 0 Å². The second kappa shape index (κ2) is 5.44. The Morgan fingerprint density at radius 3 is 2.59 bits per heavy atom. The molecule has 1 rings (SSSR count). The summed E-state index contributed by atoms with van der Waals surface area (Å²) >= 11 is 0. The molecule has 1 aromatic rings. The molecular formula is C13H17N3O. The van der Waals surface area contributed by atoms with Gasteiger partial charge >= 0.3 is 0 Å². The van der Waals surface area contributed by atoms with E-state index >= 15 is 0 Å². The van der Waals surface area contributed by atoms with Crippen molar-refractivity contribution in [3.63, 3.8) is 0 Å². The highest BCUT2D eigenvalue weighted by Gasteiger charge is 2.33. The molecule has 1 amide bonds. The van der Waals surface area contributed by atoms with Crippen molar-refractivity contribution in [3.05, 3.63) is 30.1 Å². The zero-order valence-corrected chi connectivity index (χ0v) is 10.5. The number of carbonyl (C=O) groups is 1. The Kier molecular flexibility index (Phi) is 4.22. The fraction of sp³-hybridized carbons (Fsp3) is 0.462. The van der Waals surface area contributed by atoms with Crippen molar-refractivity contribution in [2.24, 2.45) is 5.41 Å². The number of amides is 1. The summed E-state index contributed by atoms with van der Waals surface area (Å²) in [4.78, 5) is 17.6. The Labute approximate surface area is 102 Å². The molecule has 0 bridgehead atoms. The first kappa shape index (κ1) is 13.2. The minimum Gasteiger partial charge on any atom is -0.340 e. The van der Waals surface area contributed by atoms with Crippen LogP contribution < -0.4 is 0 Å². The van der Waals surface area contributed by atoms with Gasteiger partial charge in [-0.15, -0.1) is 0 Å². The standard InChI is InChI=1S/C13H17N3O/c1-4-13(2,10-14)12(17)16(3)9-11-5-7-15-8-6-11/h5-8H,4,9H2,1-3H3. The molecule has 1 aromatic heterocycles. The molecule has 17 heavy (non-hydrogen) atoms. The molecule has 1 unspecified atom stereocenters. The first-order valence-corrected chi connectivity index (χ1v) is 5.59. The van der Waals surface area contributed by atoms with Crippen LogP contribution in [0.2, 0.25) is 0 Å². The van der Waals surface area contributed by atoms with Crippen LogP contribution in [0.3, 0.4) is 0 Å². The summed E-state index contributed by atoms with van der Waals surface area (Å²) in [5.74, 6) is -0.140. The van der Waals surface area contributed by atoms with Crippen LogP contribution in [0.15, 0.2) is 24.5 Å². The molecule has 0 saturated carbocycles. The van der Waals surface area contributed by atoms with Gasteiger partial charge in [-0.3, -0.25) is 9.78 Å². The molecule has 0 N–H and O–H groups in total. The Balaban J connectivity index is 2.75. The maximum Gasteiger partial charge on any atom is 0.242 e. The molecule has 0 radical (unpaired) electrons. The second-order valence-corrected chi connectivity index (χ2v) is 4.31. The van der Waals surface area contributed by atoms with Gasteiger partial charge in [0.25, 0.3) is 0 Å². The predicted octanol–water partition coefficient (Wildman–Crippen LogP) is 1.98. The van der Waals surface area contributed by atoms with Gasteiger partial charge in [-0.2, -0.15) is 5.26 Å². The summed E-state index contributed by atoms with van der Waals surface area (Å²) < 4.78 is 0. The number of hydrogen-bond acceptors (Lipinski definition) is 3. The maximum atomic E-state index is 12.1. The minimum absolute atomic E-state index is 0.140. The molecule has 0 aromatic carbocycles. The van der Waals surface area contributed by atoms with Gasteiger partial charge in [-0.1, -0.05) is 6.92 Å². The van der Waals surface area contributed by atoms with Gasteiger partial charge in [0.2, 0.25) is 5.91 Å². The van der Waals surface area contributed by atoms with Crippen LogP contribution in [-0.4, -0.2) is 22.8 Å². The Hall–Kier alpha value is -1.89. The lowest BCUT2D eigenvalue weighted by Gasteiger charge is -2.26. The van der Waals surface area contributed by atoms with Gasteiger partial charge in [-0.05, 0) is 31.0 Å². The zero-order valence-electron chi connectivity index (χ0n) is 10.5. The molecule has 0 fully saturated rings. The minimum atomic E-state index is -0.929. The summed E-state index contributed by atoms with van der Waals surface area (Å²) in [6, 6.07) is 5.81. The molecule has 0 aliphatic heterocycles. The van der Waals surface area contributed by atoms with E-state index in [0.717, 1.165) is 5.56 Å². The molecule has 1 heterocycles. The summed E-state index contributed by atoms with van der Waals surface area (Å²) in [7, 11) is 1.72. The highest BCUT2D eigenvalue weighted by atomic mass is 16.2. The largest absolute Gasteiger partial charge is 0.340 e. The van der Waals surface area contributed by atoms with E-state index in [1.165, 1.54) is 0 Å².